The number of carbonyl (C=O) groups is 1. The maximum absolute atomic E-state index is 13.5. The van der Waals surface area contributed by atoms with Crippen molar-refractivity contribution in [3.05, 3.63) is 65.5 Å². The van der Waals surface area contributed by atoms with Crippen LogP contribution in [0.2, 0.25) is 0 Å². The van der Waals surface area contributed by atoms with Crippen LogP contribution in [0.3, 0.4) is 0 Å². The summed E-state index contributed by atoms with van der Waals surface area (Å²) in [6.45, 7) is 6.47. The van der Waals surface area contributed by atoms with Gasteiger partial charge in [0, 0.05) is 18.1 Å². The second-order valence-corrected chi connectivity index (χ2v) is 7.49. The van der Waals surface area contributed by atoms with Crippen molar-refractivity contribution in [2.24, 2.45) is 0 Å². The van der Waals surface area contributed by atoms with Crippen molar-refractivity contribution < 1.29 is 13.9 Å². The van der Waals surface area contributed by atoms with Crippen LogP contribution in [0.1, 0.15) is 37.8 Å². The number of para-hydroxylation sites is 1. The average molecular weight is 376 g/mol. The lowest BCUT2D eigenvalue weighted by molar-refractivity contribution is -0.127. The Hall–Kier alpha value is -2.01. The zero-order valence-corrected chi connectivity index (χ0v) is 16.3. The van der Waals surface area contributed by atoms with E-state index in [1.54, 1.807) is 30.8 Å². The highest BCUT2D eigenvalue weighted by Crippen LogP contribution is 2.26. The molecule has 0 saturated carbocycles. The fraction of sp³-hybridized carbons (Fsp3) is 0.381. The second-order valence-electron chi connectivity index (χ2n) is 6.39. The third-order valence-corrected chi connectivity index (χ3v) is 4.98. The zero-order valence-electron chi connectivity index (χ0n) is 15.5. The summed E-state index contributed by atoms with van der Waals surface area (Å²) in [5.74, 6) is 2.06. The fourth-order valence-electron chi connectivity index (χ4n) is 2.50. The van der Waals surface area contributed by atoms with Gasteiger partial charge in [0.15, 0.2) is 6.10 Å². The molecule has 2 aromatic rings. The molecule has 2 rings (SSSR count). The molecule has 0 bridgehead atoms. The van der Waals surface area contributed by atoms with Crippen LogP contribution in [-0.2, 0) is 10.5 Å². The molecule has 1 N–H and O–H groups in total. The largest absolute Gasteiger partial charge is 0.481 e. The van der Waals surface area contributed by atoms with Crippen molar-refractivity contribution in [2.75, 3.05) is 12.3 Å². The molecule has 3 nitrogen and oxygen atoms in total. The Balaban J connectivity index is 1.73. The van der Waals surface area contributed by atoms with E-state index in [0.29, 0.717) is 23.8 Å². The van der Waals surface area contributed by atoms with E-state index in [-0.39, 0.29) is 11.7 Å². The van der Waals surface area contributed by atoms with E-state index in [9.17, 15) is 9.18 Å². The Bertz CT molecular complexity index is 721. The highest BCUT2D eigenvalue weighted by atomic mass is 32.2. The Labute approximate surface area is 159 Å². The average Bonchev–Trinajstić information content (AvgIpc) is 2.63. The molecule has 26 heavy (non-hydrogen) atoms. The van der Waals surface area contributed by atoms with Crippen LogP contribution in [0.15, 0.2) is 48.5 Å². The van der Waals surface area contributed by atoms with E-state index in [0.717, 1.165) is 17.1 Å². The summed E-state index contributed by atoms with van der Waals surface area (Å²) in [6.07, 6.45) is -0.563. The molecular weight excluding hydrogens is 349 g/mol. The lowest BCUT2D eigenvalue weighted by atomic mass is 10.0. The first-order valence-corrected chi connectivity index (χ1v) is 9.99. The SMILES string of the molecule is CC(C)c1ccccc1O[C@@H](C)C(=O)NCCSCc1ccccc1F. The molecule has 0 spiro atoms. The first-order valence-electron chi connectivity index (χ1n) is 8.83. The van der Waals surface area contributed by atoms with Crippen LogP contribution in [-0.4, -0.2) is 24.3 Å². The Morgan fingerprint density at radius 3 is 2.54 bits per heavy atom. The molecular formula is C21H26FNO2S. The van der Waals surface area contributed by atoms with E-state index in [1.807, 2.05) is 30.3 Å². The van der Waals surface area contributed by atoms with E-state index >= 15 is 0 Å². The van der Waals surface area contributed by atoms with Crippen molar-refractivity contribution in [3.8, 4) is 5.75 Å². The smallest absolute Gasteiger partial charge is 0.260 e. The number of thioether (sulfide) groups is 1. The molecule has 0 saturated heterocycles. The minimum Gasteiger partial charge on any atom is -0.481 e. The number of rotatable bonds is 9. The topological polar surface area (TPSA) is 38.3 Å². The van der Waals surface area contributed by atoms with E-state index < -0.39 is 6.10 Å². The molecule has 2 aromatic carbocycles. The van der Waals surface area contributed by atoms with Crippen molar-refractivity contribution in [1.82, 2.24) is 5.32 Å². The minimum atomic E-state index is -0.563. The van der Waals surface area contributed by atoms with Gasteiger partial charge in [0.25, 0.3) is 5.91 Å². The highest BCUT2D eigenvalue weighted by molar-refractivity contribution is 7.98. The summed E-state index contributed by atoms with van der Waals surface area (Å²) in [7, 11) is 0. The summed E-state index contributed by atoms with van der Waals surface area (Å²) in [5.41, 5.74) is 1.78. The van der Waals surface area contributed by atoms with Gasteiger partial charge in [0.1, 0.15) is 11.6 Å². The number of hydrogen-bond acceptors (Lipinski definition) is 3. The maximum atomic E-state index is 13.5. The predicted octanol–water partition coefficient (Wildman–Crippen LogP) is 4.77. The van der Waals surface area contributed by atoms with Crippen molar-refractivity contribution in [1.29, 1.82) is 0 Å². The molecule has 0 unspecified atom stereocenters. The van der Waals surface area contributed by atoms with Gasteiger partial charge in [-0.15, -0.1) is 0 Å². The molecule has 0 aliphatic carbocycles. The summed E-state index contributed by atoms with van der Waals surface area (Å²) in [5, 5.41) is 2.87. The number of benzene rings is 2. The van der Waals surface area contributed by atoms with Crippen LogP contribution in [0.5, 0.6) is 5.75 Å². The van der Waals surface area contributed by atoms with E-state index in [4.69, 9.17) is 4.74 Å². The molecule has 140 valence electrons. The second kappa shape index (κ2) is 10.2. The number of hydrogen-bond donors (Lipinski definition) is 1. The summed E-state index contributed by atoms with van der Waals surface area (Å²) in [6, 6.07) is 14.5. The molecule has 1 amide bonds. The number of carbonyl (C=O) groups excluding carboxylic acids is 1. The molecule has 5 heteroatoms. The van der Waals surface area contributed by atoms with Crippen LogP contribution in [0.25, 0.3) is 0 Å². The summed E-state index contributed by atoms with van der Waals surface area (Å²) < 4.78 is 19.4. The van der Waals surface area contributed by atoms with E-state index in [1.165, 1.54) is 6.07 Å². The van der Waals surface area contributed by atoms with Crippen molar-refractivity contribution >= 4 is 17.7 Å². The molecule has 0 aliphatic rings. The fourth-order valence-corrected chi connectivity index (χ4v) is 3.34. The van der Waals surface area contributed by atoms with Gasteiger partial charge in [-0.25, -0.2) is 4.39 Å². The van der Waals surface area contributed by atoms with Crippen molar-refractivity contribution in [3.63, 3.8) is 0 Å². The molecule has 1 atom stereocenters. The van der Waals surface area contributed by atoms with Gasteiger partial charge in [-0.05, 0) is 36.1 Å². The highest BCUT2D eigenvalue weighted by Gasteiger charge is 2.16. The Morgan fingerprint density at radius 1 is 1.12 bits per heavy atom. The van der Waals surface area contributed by atoms with Crippen molar-refractivity contribution in [2.45, 2.75) is 38.5 Å². The normalized spacial score (nSPS) is 12.0. The Kier molecular flexibility index (Phi) is 7.98. The standard InChI is InChI=1S/C21H26FNO2S/c1-15(2)18-9-5-7-11-20(18)25-16(3)21(24)23-12-13-26-14-17-8-4-6-10-19(17)22/h4-11,15-16H,12-14H2,1-3H3,(H,23,24)/t16-/m0/s1. The minimum absolute atomic E-state index is 0.143. The van der Waals surface area contributed by atoms with Gasteiger partial charge in [-0.3, -0.25) is 4.79 Å². The monoisotopic (exact) mass is 375 g/mol. The lowest BCUT2D eigenvalue weighted by Gasteiger charge is -2.18. The third-order valence-electron chi connectivity index (χ3n) is 3.98. The van der Waals surface area contributed by atoms with Crippen LogP contribution in [0.4, 0.5) is 4.39 Å². The molecule has 0 aromatic heterocycles. The number of nitrogens with one attached hydrogen (secondary N) is 1. The van der Waals surface area contributed by atoms with Gasteiger partial charge in [-0.1, -0.05) is 50.2 Å². The third kappa shape index (κ3) is 6.06. The van der Waals surface area contributed by atoms with E-state index in [2.05, 4.69) is 19.2 Å². The molecule has 0 fully saturated rings. The molecule has 0 aliphatic heterocycles. The van der Waals surface area contributed by atoms with Gasteiger partial charge in [0.05, 0.1) is 0 Å². The predicted molar refractivity (Wildman–Crippen MR) is 106 cm³/mol. The summed E-state index contributed by atoms with van der Waals surface area (Å²) in [4.78, 5) is 12.2. The quantitative estimate of drug-likeness (QED) is 0.642. The molecule has 0 radical (unpaired) electrons. The maximum Gasteiger partial charge on any atom is 0.260 e. The van der Waals surface area contributed by atoms with Gasteiger partial charge in [0.2, 0.25) is 0 Å². The van der Waals surface area contributed by atoms with Gasteiger partial charge >= 0.3 is 0 Å². The lowest BCUT2D eigenvalue weighted by Crippen LogP contribution is -2.37. The number of amides is 1. The van der Waals surface area contributed by atoms with Crippen LogP contribution in [0, 0.1) is 5.82 Å². The summed E-state index contributed by atoms with van der Waals surface area (Å²) >= 11 is 1.59. The first-order chi connectivity index (χ1) is 12.5. The Morgan fingerprint density at radius 2 is 1.81 bits per heavy atom. The van der Waals surface area contributed by atoms with Crippen LogP contribution < -0.4 is 10.1 Å². The van der Waals surface area contributed by atoms with Gasteiger partial charge < -0.3 is 10.1 Å². The first kappa shape index (κ1) is 20.3. The zero-order chi connectivity index (χ0) is 18.9. The number of ether oxygens (including phenoxy) is 1. The molecule has 0 heterocycles. The van der Waals surface area contributed by atoms with Gasteiger partial charge in [-0.2, -0.15) is 11.8 Å². The number of halogens is 1. The van der Waals surface area contributed by atoms with Crippen LogP contribution >= 0.6 is 11.8 Å².